The average molecular weight is 333 g/mol. The van der Waals surface area contributed by atoms with E-state index in [4.69, 9.17) is 11.5 Å². The van der Waals surface area contributed by atoms with Gasteiger partial charge in [-0.3, -0.25) is 14.5 Å². The molecule has 1 aliphatic heterocycles. The van der Waals surface area contributed by atoms with Gasteiger partial charge in [0.2, 0.25) is 17.8 Å². The molecule has 2 rings (SSSR count). The number of nitrogens with two attached hydrogens (primary N) is 2. The minimum atomic E-state index is -0.173. The van der Waals surface area contributed by atoms with Gasteiger partial charge < -0.3 is 11.5 Å². The molecular formula is C15H19N5O2S. The van der Waals surface area contributed by atoms with Crippen molar-refractivity contribution in [2.75, 3.05) is 6.54 Å². The molecule has 1 unspecified atom stereocenters. The third-order valence-corrected chi connectivity index (χ3v) is 4.26. The van der Waals surface area contributed by atoms with E-state index in [9.17, 15) is 9.59 Å². The molecule has 1 amide bonds. The van der Waals surface area contributed by atoms with Crippen molar-refractivity contribution in [1.29, 1.82) is 0 Å². The lowest BCUT2D eigenvalue weighted by Crippen LogP contribution is -2.39. The van der Waals surface area contributed by atoms with Crippen LogP contribution in [0.4, 0.5) is 5.69 Å². The number of amides is 1. The summed E-state index contributed by atoms with van der Waals surface area (Å²) in [7, 11) is 0. The van der Waals surface area contributed by atoms with E-state index in [0.29, 0.717) is 12.2 Å². The zero-order valence-corrected chi connectivity index (χ0v) is 13.8. The van der Waals surface area contributed by atoms with Gasteiger partial charge in [-0.2, -0.15) is 4.99 Å². The van der Waals surface area contributed by atoms with Gasteiger partial charge in [-0.05, 0) is 18.6 Å². The molecule has 1 fully saturated rings. The summed E-state index contributed by atoms with van der Waals surface area (Å²) in [6.07, 6.45) is 0.259. The van der Waals surface area contributed by atoms with E-state index in [0.717, 1.165) is 17.3 Å². The van der Waals surface area contributed by atoms with Crippen LogP contribution in [0, 0.1) is 6.92 Å². The molecule has 0 aliphatic carbocycles. The highest BCUT2D eigenvalue weighted by Gasteiger charge is 2.33. The Morgan fingerprint density at radius 3 is 2.70 bits per heavy atom. The van der Waals surface area contributed by atoms with Crippen LogP contribution in [0.25, 0.3) is 0 Å². The van der Waals surface area contributed by atoms with E-state index in [1.165, 1.54) is 11.8 Å². The molecule has 7 nitrogen and oxygen atoms in total. The van der Waals surface area contributed by atoms with Gasteiger partial charge in [-0.25, -0.2) is 4.99 Å². The van der Waals surface area contributed by atoms with Crippen molar-refractivity contribution in [3.05, 3.63) is 29.8 Å². The highest BCUT2D eigenvalue weighted by molar-refractivity contribution is 8.14. The molecule has 1 heterocycles. The zero-order chi connectivity index (χ0) is 17.0. The first-order valence-corrected chi connectivity index (χ1v) is 7.96. The smallest absolute Gasteiger partial charge is 0.230 e. The lowest BCUT2D eigenvalue weighted by atomic mass is 10.2. The fourth-order valence-electron chi connectivity index (χ4n) is 2.22. The molecule has 0 bridgehead atoms. The van der Waals surface area contributed by atoms with Crippen LogP contribution in [-0.4, -0.2) is 39.6 Å². The fourth-order valence-corrected chi connectivity index (χ4v) is 3.14. The molecule has 8 heteroatoms. The maximum atomic E-state index is 12.0. The number of likely N-dealkylation sites (tertiary alicyclic amines) is 1. The Labute approximate surface area is 138 Å². The zero-order valence-electron chi connectivity index (χ0n) is 13.0. The second-order valence-corrected chi connectivity index (χ2v) is 6.64. The van der Waals surface area contributed by atoms with E-state index in [1.807, 2.05) is 31.2 Å². The Morgan fingerprint density at radius 2 is 2.04 bits per heavy atom. The van der Waals surface area contributed by atoms with Gasteiger partial charge in [-0.1, -0.05) is 30.0 Å². The van der Waals surface area contributed by atoms with E-state index >= 15 is 0 Å². The topological polar surface area (TPSA) is 114 Å². The number of carbonyl (C=O) groups excluding carboxylic acids is 2. The van der Waals surface area contributed by atoms with Crippen molar-refractivity contribution in [3.8, 4) is 0 Å². The molecule has 0 spiro atoms. The van der Waals surface area contributed by atoms with Crippen LogP contribution in [-0.2, 0) is 9.59 Å². The van der Waals surface area contributed by atoms with Gasteiger partial charge in [0.15, 0.2) is 5.12 Å². The van der Waals surface area contributed by atoms with Crippen molar-refractivity contribution in [2.45, 2.75) is 25.5 Å². The molecule has 4 N–H and O–H groups in total. The molecule has 0 aromatic heterocycles. The summed E-state index contributed by atoms with van der Waals surface area (Å²) < 4.78 is 0. The van der Waals surface area contributed by atoms with Crippen LogP contribution in [0.5, 0.6) is 0 Å². The third kappa shape index (κ3) is 4.56. The quantitative estimate of drug-likeness (QED) is 0.622. The first-order chi connectivity index (χ1) is 10.9. The number of para-hydroxylation sites is 1. The number of hydrogen-bond donors (Lipinski definition) is 2. The van der Waals surface area contributed by atoms with Crippen LogP contribution in [0.15, 0.2) is 34.3 Å². The largest absolute Gasteiger partial charge is 0.369 e. The van der Waals surface area contributed by atoms with E-state index in [-0.39, 0.29) is 34.6 Å². The number of carbonyl (C=O) groups is 2. The van der Waals surface area contributed by atoms with Crippen LogP contribution < -0.4 is 11.5 Å². The standard InChI is InChI=1S/C15H19N5O2S/c1-9-5-3-4-6-12(9)18-14(16)19-15(17)20-8-11(7-13(20)22)23-10(2)21/h3-6,11H,7-8H2,1-2H3,(H4,16,17,18,19). The summed E-state index contributed by atoms with van der Waals surface area (Å²) in [4.78, 5) is 32.6. The summed E-state index contributed by atoms with van der Waals surface area (Å²) in [6, 6.07) is 7.47. The molecule has 1 aromatic rings. The highest BCUT2D eigenvalue weighted by atomic mass is 32.2. The molecule has 1 aromatic carbocycles. The highest BCUT2D eigenvalue weighted by Crippen LogP contribution is 2.24. The Kier molecular flexibility index (Phi) is 5.38. The molecule has 122 valence electrons. The minimum Gasteiger partial charge on any atom is -0.369 e. The predicted octanol–water partition coefficient (Wildman–Crippen LogP) is 1.14. The van der Waals surface area contributed by atoms with Gasteiger partial charge in [0.05, 0.1) is 5.69 Å². The molecule has 23 heavy (non-hydrogen) atoms. The second-order valence-electron chi connectivity index (χ2n) is 5.17. The minimum absolute atomic E-state index is 0.00325. The van der Waals surface area contributed by atoms with E-state index < -0.39 is 0 Å². The summed E-state index contributed by atoms with van der Waals surface area (Å²) in [5, 5.41) is -0.135. The first kappa shape index (κ1) is 17.0. The predicted molar refractivity (Wildman–Crippen MR) is 92.5 cm³/mol. The van der Waals surface area contributed by atoms with Crippen molar-refractivity contribution in [1.82, 2.24) is 4.90 Å². The number of guanidine groups is 2. The van der Waals surface area contributed by atoms with Gasteiger partial charge in [0.1, 0.15) is 0 Å². The number of aryl methyl sites for hydroxylation is 1. The Hall–Kier alpha value is -2.35. The molecule has 0 radical (unpaired) electrons. The number of aliphatic imine (C=N–C) groups is 2. The number of hydrogen-bond acceptors (Lipinski definition) is 4. The van der Waals surface area contributed by atoms with E-state index in [1.54, 1.807) is 0 Å². The number of rotatable bonds is 2. The van der Waals surface area contributed by atoms with E-state index in [2.05, 4.69) is 9.98 Å². The van der Waals surface area contributed by atoms with Gasteiger partial charge >= 0.3 is 0 Å². The monoisotopic (exact) mass is 333 g/mol. The number of nitrogens with zero attached hydrogens (tertiary/aromatic N) is 3. The summed E-state index contributed by atoms with van der Waals surface area (Å²) in [5.41, 5.74) is 13.3. The van der Waals surface area contributed by atoms with Gasteiger partial charge in [0.25, 0.3) is 0 Å². The Balaban J connectivity index is 2.11. The lowest BCUT2D eigenvalue weighted by Gasteiger charge is -2.14. The van der Waals surface area contributed by atoms with Gasteiger partial charge in [0, 0.05) is 25.1 Å². The van der Waals surface area contributed by atoms with Crippen LogP contribution in [0.1, 0.15) is 18.9 Å². The maximum Gasteiger partial charge on any atom is 0.230 e. The lowest BCUT2D eigenvalue weighted by molar-refractivity contribution is -0.124. The number of benzene rings is 1. The van der Waals surface area contributed by atoms with Crippen LogP contribution in [0.3, 0.4) is 0 Å². The summed E-state index contributed by atoms with van der Waals surface area (Å²) >= 11 is 1.14. The molecular weight excluding hydrogens is 314 g/mol. The third-order valence-electron chi connectivity index (χ3n) is 3.28. The maximum absolute atomic E-state index is 12.0. The van der Waals surface area contributed by atoms with Gasteiger partial charge in [-0.15, -0.1) is 0 Å². The second kappa shape index (κ2) is 7.28. The molecule has 1 atom stereocenters. The number of thioether (sulfide) groups is 1. The normalized spacial score (nSPS) is 19.3. The van der Waals surface area contributed by atoms with Crippen LogP contribution >= 0.6 is 11.8 Å². The summed E-state index contributed by atoms with van der Waals surface area (Å²) in [5.74, 6) is -0.197. The SMILES string of the molecule is CC(=O)SC1CC(=O)N(/C(N)=N/C(N)=Nc2ccccc2C)C1. The average Bonchev–Trinajstić information content (AvgIpc) is 2.81. The Bertz CT molecular complexity index is 686. The molecule has 1 aliphatic rings. The summed E-state index contributed by atoms with van der Waals surface area (Å²) in [6.45, 7) is 3.73. The Morgan fingerprint density at radius 1 is 1.35 bits per heavy atom. The fraction of sp³-hybridized carbons (Fsp3) is 0.333. The van der Waals surface area contributed by atoms with Crippen molar-refractivity contribution < 1.29 is 9.59 Å². The first-order valence-electron chi connectivity index (χ1n) is 7.08. The molecule has 1 saturated heterocycles. The van der Waals surface area contributed by atoms with Crippen molar-refractivity contribution in [3.63, 3.8) is 0 Å². The van der Waals surface area contributed by atoms with Crippen molar-refractivity contribution >= 4 is 40.4 Å². The molecule has 0 saturated carbocycles. The van der Waals surface area contributed by atoms with Crippen LogP contribution in [0.2, 0.25) is 0 Å². The van der Waals surface area contributed by atoms with Crippen molar-refractivity contribution in [2.24, 2.45) is 21.5 Å².